The van der Waals surface area contributed by atoms with Crippen molar-refractivity contribution in [2.75, 3.05) is 0 Å². The molecule has 0 spiro atoms. The molecular formula is C18H17N3O3S. The van der Waals surface area contributed by atoms with Crippen LogP contribution in [-0.2, 0) is 16.6 Å². The molecule has 0 bridgehead atoms. The molecule has 0 radical (unpaired) electrons. The molecule has 1 heterocycles. The number of hydrogen-bond donors (Lipinski definition) is 1. The molecule has 0 saturated carbocycles. The van der Waals surface area contributed by atoms with Gasteiger partial charge in [-0.3, -0.25) is 4.79 Å². The van der Waals surface area contributed by atoms with Crippen molar-refractivity contribution >= 4 is 15.8 Å². The van der Waals surface area contributed by atoms with Gasteiger partial charge in [-0.1, -0.05) is 24.3 Å². The summed E-state index contributed by atoms with van der Waals surface area (Å²) >= 11 is 0. The highest BCUT2D eigenvalue weighted by molar-refractivity contribution is 7.89. The Kier molecular flexibility index (Phi) is 4.78. The monoisotopic (exact) mass is 355 g/mol. The van der Waals surface area contributed by atoms with E-state index in [-0.39, 0.29) is 17.2 Å². The van der Waals surface area contributed by atoms with Gasteiger partial charge in [0.2, 0.25) is 10.0 Å². The van der Waals surface area contributed by atoms with Gasteiger partial charge in [0, 0.05) is 24.5 Å². The van der Waals surface area contributed by atoms with E-state index in [0.29, 0.717) is 5.56 Å². The lowest BCUT2D eigenvalue weighted by Gasteiger charge is -2.08. The Bertz CT molecular complexity index is 961. The number of rotatable bonds is 6. The number of hydrogen-bond acceptors (Lipinski definition) is 4. The van der Waals surface area contributed by atoms with Crippen LogP contribution in [0.15, 0.2) is 71.9 Å². The van der Waals surface area contributed by atoms with Crippen LogP contribution in [0.5, 0.6) is 0 Å². The second-order valence-corrected chi connectivity index (χ2v) is 7.29. The van der Waals surface area contributed by atoms with Gasteiger partial charge < -0.3 is 0 Å². The van der Waals surface area contributed by atoms with E-state index in [2.05, 4.69) is 9.82 Å². The van der Waals surface area contributed by atoms with Crippen LogP contribution in [0.25, 0.3) is 5.69 Å². The van der Waals surface area contributed by atoms with Crippen molar-refractivity contribution in [1.82, 2.24) is 14.5 Å². The van der Waals surface area contributed by atoms with Crippen LogP contribution < -0.4 is 4.72 Å². The Morgan fingerprint density at radius 1 is 1.08 bits per heavy atom. The molecule has 1 aromatic heterocycles. The Balaban J connectivity index is 1.68. The van der Waals surface area contributed by atoms with E-state index in [1.165, 1.54) is 31.2 Å². The summed E-state index contributed by atoms with van der Waals surface area (Å²) in [6.45, 7) is 1.62. The molecule has 0 saturated heterocycles. The van der Waals surface area contributed by atoms with Crippen LogP contribution >= 0.6 is 0 Å². The minimum atomic E-state index is -3.63. The van der Waals surface area contributed by atoms with Gasteiger partial charge in [0.1, 0.15) is 0 Å². The van der Waals surface area contributed by atoms with Gasteiger partial charge in [-0.25, -0.2) is 17.8 Å². The summed E-state index contributed by atoms with van der Waals surface area (Å²) in [7, 11) is -3.63. The van der Waals surface area contributed by atoms with E-state index in [0.717, 1.165) is 11.3 Å². The molecule has 0 aliphatic rings. The first-order valence-electron chi connectivity index (χ1n) is 7.65. The van der Waals surface area contributed by atoms with Gasteiger partial charge in [0.15, 0.2) is 5.78 Å². The zero-order valence-electron chi connectivity index (χ0n) is 13.6. The lowest BCUT2D eigenvalue weighted by atomic mass is 10.2. The summed E-state index contributed by atoms with van der Waals surface area (Å²) < 4.78 is 28.9. The number of nitrogens with zero attached hydrogens (tertiary/aromatic N) is 2. The molecule has 3 rings (SSSR count). The number of aromatic nitrogens is 2. The lowest BCUT2D eigenvalue weighted by Crippen LogP contribution is -2.23. The lowest BCUT2D eigenvalue weighted by molar-refractivity contribution is 0.101. The summed E-state index contributed by atoms with van der Waals surface area (Å²) in [6.07, 6.45) is 3.53. The van der Waals surface area contributed by atoms with Crippen molar-refractivity contribution in [2.24, 2.45) is 0 Å². The number of ketones is 1. The summed E-state index contributed by atoms with van der Waals surface area (Å²) in [4.78, 5) is 11.4. The highest BCUT2D eigenvalue weighted by atomic mass is 32.2. The Morgan fingerprint density at radius 2 is 1.76 bits per heavy atom. The van der Waals surface area contributed by atoms with Crippen LogP contribution in [-0.4, -0.2) is 24.0 Å². The standard InChI is InChI=1S/C18H17N3O3S/c1-14(22)16-5-9-18(10-6-16)25(23,24)20-13-15-3-7-17(8-4-15)21-12-2-11-19-21/h2-12,20H,13H2,1H3. The summed E-state index contributed by atoms with van der Waals surface area (Å²) in [5.74, 6) is -0.103. The van der Waals surface area contributed by atoms with Crippen LogP contribution in [0, 0.1) is 0 Å². The van der Waals surface area contributed by atoms with Crippen molar-refractivity contribution in [3.8, 4) is 5.69 Å². The third-order valence-electron chi connectivity index (χ3n) is 3.74. The first kappa shape index (κ1) is 17.1. The average molecular weight is 355 g/mol. The molecular weight excluding hydrogens is 338 g/mol. The molecule has 0 fully saturated rings. The fourth-order valence-electron chi connectivity index (χ4n) is 2.32. The molecule has 0 aliphatic heterocycles. The van der Waals surface area contributed by atoms with Crippen LogP contribution in [0.3, 0.4) is 0 Å². The quantitative estimate of drug-likeness (QED) is 0.689. The average Bonchev–Trinajstić information content (AvgIpc) is 3.15. The van der Waals surface area contributed by atoms with E-state index >= 15 is 0 Å². The molecule has 7 heteroatoms. The fourth-order valence-corrected chi connectivity index (χ4v) is 3.34. The van der Waals surface area contributed by atoms with Crippen molar-refractivity contribution in [1.29, 1.82) is 0 Å². The van der Waals surface area contributed by atoms with Gasteiger partial charge in [-0.15, -0.1) is 0 Å². The van der Waals surface area contributed by atoms with Crippen molar-refractivity contribution in [3.63, 3.8) is 0 Å². The highest BCUT2D eigenvalue weighted by Crippen LogP contribution is 2.13. The smallest absolute Gasteiger partial charge is 0.240 e. The maximum atomic E-state index is 12.3. The van der Waals surface area contributed by atoms with Gasteiger partial charge in [0.25, 0.3) is 0 Å². The first-order valence-corrected chi connectivity index (χ1v) is 9.14. The molecule has 0 aliphatic carbocycles. The molecule has 25 heavy (non-hydrogen) atoms. The van der Waals surface area contributed by atoms with Crippen molar-refractivity contribution in [2.45, 2.75) is 18.4 Å². The number of Topliss-reactive ketones (excluding diaryl/α,β-unsaturated/α-hetero) is 1. The SMILES string of the molecule is CC(=O)c1ccc(S(=O)(=O)NCc2ccc(-n3cccn3)cc2)cc1. The second kappa shape index (κ2) is 7.00. The van der Waals surface area contributed by atoms with Gasteiger partial charge >= 0.3 is 0 Å². The van der Waals surface area contributed by atoms with E-state index in [1.54, 1.807) is 10.9 Å². The predicted octanol–water partition coefficient (Wildman–Crippen LogP) is 2.55. The van der Waals surface area contributed by atoms with Crippen LogP contribution in [0.4, 0.5) is 0 Å². The molecule has 6 nitrogen and oxygen atoms in total. The molecule has 3 aromatic rings. The minimum absolute atomic E-state index is 0.103. The summed E-state index contributed by atoms with van der Waals surface area (Å²) in [6, 6.07) is 15.2. The number of nitrogens with one attached hydrogen (secondary N) is 1. The number of carbonyl (C=O) groups excluding carboxylic acids is 1. The van der Waals surface area contributed by atoms with E-state index in [4.69, 9.17) is 0 Å². The second-order valence-electron chi connectivity index (χ2n) is 5.52. The third-order valence-corrected chi connectivity index (χ3v) is 5.16. The van der Waals surface area contributed by atoms with E-state index < -0.39 is 10.0 Å². The Labute approximate surface area is 146 Å². The van der Waals surface area contributed by atoms with Crippen molar-refractivity contribution in [3.05, 3.63) is 78.1 Å². The Morgan fingerprint density at radius 3 is 2.32 bits per heavy atom. The minimum Gasteiger partial charge on any atom is -0.295 e. The highest BCUT2D eigenvalue weighted by Gasteiger charge is 2.14. The Hall–Kier alpha value is -2.77. The van der Waals surface area contributed by atoms with Gasteiger partial charge in [-0.05, 0) is 42.8 Å². The zero-order chi connectivity index (χ0) is 17.9. The molecule has 1 N–H and O–H groups in total. The van der Waals surface area contributed by atoms with Gasteiger partial charge in [-0.2, -0.15) is 5.10 Å². The maximum Gasteiger partial charge on any atom is 0.240 e. The number of sulfonamides is 1. The third kappa shape index (κ3) is 4.01. The zero-order valence-corrected chi connectivity index (χ0v) is 14.4. The van der Waals surface area contributed by atoms with E-state index in [9.17, 15) is 13.2 Å². The maximum absolute atomic E-state index is 12.3. The largest absolute Gasteiger partial charge is 0.295 e. The topological polar surface area (TPSA) is 81.1 Å². The van der Waals surface area contributed by atoms with Crippen LogP contribution in [0.2, 0.25) is 0 Å². The molecule has 0 unspecified atom stereocenters. The summed E-state index contributed by atoms with van der Waals surface area (Å²) in [5, 5.41) is 4.14. The molecule has 2 aromatic carbocycles. The summed E-state index contributed by atoms with van der Waals surface area (Å²) in [5.41, 5.74) is 2.21. The van der Waals surface area contributed by atoms with Crippen molar-refractivity contribution < 1.29 is 13.2 Å². The normalized spacial score (nSPS) is 11.4. The first-order chi connectivity index (χ1) is 12.0. The molecule has 0 atom stereocenters. The van der Waals surface area contributed by atoms with Gasteiger partial charge in [0.05, 0.1) is 10.6 Å². The van der Waals surface area contributed by atoms with E-state index in [1.807, 2.05) is 36.5 Å². The predicted molar refractivity (Wildman–Crippen MR) is 94.0 cm³/mol. The number of carbonyl (C=O) groups is 1. The number of benzene rings is 2. The fraction of sp³-hybridized carbons (Fsp3) is 0.111. The molecule has 0 amide bonds. The van der Waals surface area contributed by atoms with Crippen LogP contribution in [0.1, 0.15) is 22.8 Å². The molecule has 128 valence electrons.